The summed E-state index contributed by atoms with van der Waals surface area (Å²) in [5, 5.41) is 0. The van der Waals surface area contributed by atoms with E-state index in [4.69, 9.17) is 0 Å². The van der Waals surface area contributed by atoms with E-state index >= 15 is 0 Å². The maximum absolute atomic E-state index is 13.7. The van der Waals surface area contributed by atoms with E-state index in [1.165, 1.54) is 17.0 Å². The van der Waals surface area contributed by atoms with Crippen LogP contribution in [0.2, 0.25) is 0 Å². The maximum Gasteiger partial charge on any atom is 0.257 e. The highest BCUT2D eigenvalue weighted by molar-refractivity contribution is 5.94. The summed E-state index contributed by atoms with van der Waals surface area (Å²) in [5.74, 6) is -2.67. The van der Waals surface area contributed by atoms with Crippen molar-refractivity contribution in [1.29, 1.82) is 0 Å². The highest BCUT2D eigenvalue weighted by Gasteiger charge is 2.22. The van der Waals surface area contributed by atoms with Gasteiger partial charge in [-0.25, -0.2) is 8.78 Å². The standard InChI is InChI=1S/C16H15F2NO/c1-11(12-7-4-3-5-8-12)19(2)16(20)13-9-6-10-14(17)15(13)18/h3-11H,1-2H3. The molecule has 2 aromatic rings. The zero-order valence-electron chi connectivity index (χ0n) is 11.3. The molecule has 1 atom stereocenters. The Hall–Kier alpha value is -2.23. The van der Waals surface area contributed by atoms with Gasteiger partial charge in [-0.1, -0.05) is 36.4 Å². The number of hydrogen-bond donors (Lipinski definition) is 0. The molecule has 20 heavy (non-hydrogen) atoms. The van der Waals surface area contributed by atoms with E-state index in [2.05, 4.69) is 0 Å². The minimum atomic E-state index is -1.11. The van der Waals surface area contributed by atoms with Crippen LogP contribution >= 0.6 is 0 Å². The fourth-order valence-corrected chi connectivity index (χ4v) is 1.99. The molecule has 0 bridgehead atoms. The van der Waals surface area contributed by atoms with Crippen LogP contribution in [0.4, 0.5) is 8.78 Å². The van der Waals surface area contributed by atoms with E-state index in [-0.39, 0.29) is 11.6 Å². The van der Waals surface area contributed by atoms with E-state index in [1.807, 2.05) is 37.3 Å². The molecule has 2 rings (SSSR count). The van der Waals surface area contributed by atoms with Gasteiger partial charge >= 0.3 is 0 Å². The van der Waals surface area contributed by atoms with E-state index < -0.39 is 17.5 Å². The summed E-state index contributed by atoms with van der Waals surface area (Å²) in [5.41, 5.74) is 0.676. The van der Waals surface area contributed by atoms with Crippen LogP contribution in [0.25, 0.3) is 0 Å². The van der Waals surface area contributed by atoms with Gasteiger partial charge in [-0.2, -0.15) is 0 Å². The highest BCUT2D eigenvalue weighted by atomic mass is 19.2. The summed E-state index contributed by atoms with van der Waals surface area (Å²) in [4.78, 5) is 13.6. The topological polar surface area (TPSA) is 20.3 Å². The summed E-state index contributed by atoms with van der Waals surface area (Å²) >= 11 is 0. The Morgan fingerprint density at radius 1 is 1.05 bits per heavy atom. The van der Waals surface area contributed by atoms with Crippen LogP contribution in [0.1, 0.15) is 28.9 Å². The summed E-state index contributed by atoms with van der Waals surface area (Å²) in [6.07, 6.45) is 0. The predicted molar refractivity (Wildman–Crippen MR) is 73.3 cm³/mol. The zero-order chi connectivity index (χ0) is 14.7. The fourth-order valence-electron chi connectivity index (χ4n) is 1.99. The van der Waals surface area contributed by atoms with Crippen molar-refractivity contribution < 1.29 is 13.6 Å². The Bertz CT molecular complexity index is 613. The molecule has 0 aliphatic heterocycles. The smallest absolute Gasteiger partial charge is 0.257 e. The summed E-state index contributed by atoms with van der Waals surface area (Å²) in [6.45, 7) is 1.84. The van der Waals surface area contributed by atoms with Crippen LogP contribution in [-0.4, -0.2) is 17.9 Å². The molecule has 0 saturated heterocycles. The molecular weight excluding hydrogens is 260 g/mol. The lowest BCUT2D eigenvalue weighted by atomic mass is 10.1. The largest absolute Gasteiger partial charge is 0.335 e. The first-order valence-electron chi connectivity index (χ1n) is 6.28. The average molecular weight is 275 g/mol. The van der Waals surface area contributed by atoms with Crippen molar-refractivity contribution in [3.63, 3.8) is 0 Å². The number of benzene rings is 2. The third-order valence-corrected chi connectivity index (χ3v) is 3.37. The molecule has 0 aliphatic rings. The van der Waals surface area contributed by atoms with Crippen molar-refractivity contribution >= 4 is 5.91 Å². The minimum absolute atomic E-state index is 0.230. The molecule has 4 heteroatoms. The van der Waals surface area contributed by atoms with Crippen LogP contribution in [-0.2, 0) is 0 Å². The first kappa shape index (κ1) is 14.2. The van der Waals surface area contributed by atoms with Gasteiger partial charge in [0.05, 0.1) is 11.6 Å². The molecule has 0 radical (unpaired) electrons. The van der Waals surface area contributed by atoms with E-state index in [9.17, 15) is 13.6 Å². The lowest BCUT2D eigenvalue weighted by Crippen LogP contribution is -2.30. The van der Waals surface area contributed by atoms with Gasteiger partial charge in [-0.05, 0) is 24.6 Å². The molecule has 0 saturated carbocycles. The van der Waals surface area contributed by atoms with Gasteiger partial charge in [0.1, 0.15) is 0 Å². The molecule has 0 heterocycles. The Morgan fingerprint density at radius 2 is 1.70 bits per heavy atom. The molecule has 0 aromatic heterocycles. The van der Waals surface area contributed by atoms with E-state index in [0.717, 1.165) is 11.6 Å². The lowest BCUT2D eigenvalue weighted by molar-refractivity contribution is 0.0736. The summed E-state index contributed by atoms with van der Waals surface area (Å²) in [6, 6.07) is 12.8. The number of nitrogens with zero attached hydrogens (tertiary/aromatic N) is 1. The molecular formula is C16H15F2NO. The number of amides is 1. The normalized spacial score (nSPS) is 12.0. The van der Waals surface area contributed by atoms with Gasteiger partial charge in [0.25, 0.3) is 5.91 Å². The van der Waals surface area contributed by atoms with E-state index in [0.29, 0.717) is 0 Å². The Balaban J connectivity index is 2.27. The first-order valence-corrected chi connectivity index (χ1v) is 6.28. The molecule has 0 spiro atoms. The molecule has 104 valence electrons. The third-order valence-electron chi connectivity index (χ3n) is 3.37. The van der Waals surface area contributed by atoms with Gasteiger partial charge in [0, 0.05) is 7.05 Å². The highest BCUT2D eigenvalue weighted by Crippen LogP contribution is 2.22. The average Bonchev–Trinajstić information content (AvgIpc) is 2.48. The van der Waals surface area contributed by atoms with Crippen LogP contribution < -0.4 is 0 Å². The predicted octanol–water partition coefficient (Wildman–Crippen LogP) is 3.80. The fraction of sp³-hybridized carbons (Fsp3) is 0.188. The van der Waals surface area contributed by atoms with Crippen molar-refractivity contribution in [2.45, 2.75) is 13.0 Å². The number of rotatable bonds is 3. The third kappa shape index (κ3) is 2.69. The number of halogens is 2. The second-order valence-electron chi connectivity index (χ2n) is 4.60. The molecule has 0 fully saturated rings. The summed E-state index contributed by atoms with van der Waals surface area (Å²) in [7, 11) is 1.57. The maximum atomic E-state index is 13.7. The van der Waals surface area contributed by atoms with Gasteiger partial charge in [-0.15, -0.1) is 0 Å². The first-order chi connectivity index (χ1) is 9.52. The van der Waals surface area contributed by atoms with Gasteiger partial charge in [0.15, 0.2) is 11.6 Å². The molecule has 0 aliphatic carbocycles. The van der Waals surface area contributed by atoms with Gasteiger partial charge < -0.3 is 4.90 Å². The number of carbonyl (C=O) groups excluding carboxylic acids is 1. The van der Waals surface area contributed by atoms with Crippen molar-refractivity contribution in [3.05, 3.63) is 71.3 Å². The van der Waals surface area contributed by atoms with E-state index in [1.54, 1.807) is 7.05 Å². The summed E-state index contributed by atoms with van der Waals surface area (Å²) < 4.78 is 26.8. The molecule has 2 aromatic carbocycles. The van der Waals surface area contributed by atoms with Crippen molar-refractivity contribution in [2.75, 3.05) is 7.05 Å². The molecule has 2 nitrogen and oxygen atoms in total. The Kier molecular flexibility index (Phi) is 4.13. The van der Waals surface area contributed by atoms with Gasteiger partial charge in [-0.3, -0.25) is 4.79 Å². The van der Waals surface area contributed by atoms with Crippen molar-refractivity contribution in [1.82, 2.24) is 4.90 Å². The number of carbonyl (C=O) groups is 1. The van der Waals surface area contributed by atoms with Crippen LogP contribution in [0.3, 0.4) is 0 Å². The Labute approximate surface area is 116 Å². The minimum Gasteiger partial charge on any atom is -0.335 e. The number of hydrogen-bond acceptors (Lipinski definition) is 1. The van der Waals surface area contributed by atoms with Crippen LogP contribution in [0.5, 0.6) is 0 Å². The molecule has 1 amide bonds. The Morgan fingerprint density at radius 3 is 2.35 bits per heavy atom. The zero-order valence-corrected chi connectivity index (χ0v) is 11.3. The lowest BCUT2D eigenvalue weighted by Gasteiger charge is -2.25. The van der Waals surface area contributed by atoms with Crippen molar-refractivity contribution in [3.8, 4) is 0 Å². The SMILES string of the molecule is CC(c1ccccc1)N(C)C(=O)c1cccc(F)c1F. The molecule has 0 N–H and O–H groups in total. The second kappa shape index (κ2) is 5.82. The van der Waals surface area contributed by atoms with Crippen molar-refractivity contribution in [2.24, 2.45) is 0 Å². The molecule has 1 unspecified atom stereocenters. The second-order valence-corrected chi connectivity index (χ2v) is 4.60. The van der Waals surface area contributed by atoms with Gasteiger partial charge in [0.2, 0.25) is 0 Å². The van der Waals surface area contributed by atoms with Crippen LogP contribution in [0, 0.1) is 11.6 Å². The quantitative estimate of drug-likeness (QED) is 0.834. The van der Waals surface area contributed by atoms with Crippen LogP contribution in [0.15, 0.2) is 48.5 Å². The monoisotopic (exact) mass is 275 g/mol.